The third-order valence-electron chi connectivity index (χ3n) is 3.65. The highest BCUT2D eigenvalue weighted by atomic mass is 16.7. The van der Waals surface area contributed by atoms with Crippen molar-refractivity contribution in [1.82, 2.24) is 5.06 Å². The Bertz CT molecular complexity index is 390. The summed E-state index contributed by atoms with van der Waals surface area (Å²) in [4.78, 5) is 5.89. The minimum Gasteiger partial charge on any atom is -0.379 e. The van der Waals surface area contributed by atoms with Crippen LogP contribution in [0.2, 0.25) is 0 Å². The van der Waals surface area contributed by atoms with Crippen LogP contribution in [0, 0.1) is 5.92 Å². The highest BCUT2D eigenvalue weighted by molar-refractivity contribution is 5.21. The Hall–Kier alpha value is -0.900. The Morgan fingerprint density at radius 1 is 1.18 bits per heavy atom. The zero-order chi connectivity index (χ0) is 11.9. The molecular formula is C14H19NO2. The van der Waals surface area contributed by atoms with E-state index in [9.17, 15) is 0 Å². The van der Waals surface area contributed by atoms with Gasteiger partial charge in [-0.15, -0.1) is 0 Å². The lowest BCUT2D eigenvalue weighted by Crippen LogP contribution is -2.45. The minimum absolute atomic E-state index is 0.0637. The molecule has 0 aromatic heterocycles. The van der Waals surface area contributed by atoms with Gasteiger partial charge in [-0.1, -0.05) is 30.3 Å². The maximum atomic E-state index is 5.89. The first-order valence-corrected chi connectivity index (χ1v) is 6.23. The molecule has 1 aromatic rings. The van der Waals surface area contributed by atoms with Crippen molar-refractivity contribution < 1.29 is 9.57 Å². The molecule has 0 saturated carbocycles. The van der Waals surface area contributed by atoms with E-state index in [1.54, 1.807) is 0 Å². The van der Waals surface area contributed by atoms with E-state index in [1.807, 2.05) is 0 Å². The molecule has 0 radical (unpaired) electrons. The van der Waals surface area contributed by atoms with Crippen LogP contribution in [0.3, 0.4) is 0 Å². The largest absolute Gasteiger partial charge is 0.379 e. The summed E-state index contributed by atoms with van der Waals surface area (Å²) in [5.41, 5.74) is 1.26. The quantitative estimate of drug-likeness (QED) is 0.743. The highest BCUT2D eigenvalue weighted by Gasteiger charge is 2.46. The predicted molar refractivity (Wildman–Crippen MR) is 65.4 cm³/mol. The fourth-order valence-electron chi connectivity index (χ4n) is 2.81. The van der Waals surface area contributed by atoms with E-state index in [0.717, 1.165) is 19.8 Å². The van der Waals surface area contributed by atoms with E-state index in [4.69, 9.17) is 9.57 Å². The zero-order valence-electron chi connectivity index (χ0n) is 10.4. The molecule has 0 amide bonds. The number of rotatable bonds is 1. The SMILES string of the molecule is CC1(C)COC[C@@H]2CON1C2c1ccccc1. The molecule has 3 atom stereocenters. The fourth-order valence-corrected chi connectivity index (χ4v) is 2.81. The van der Waals surface area contributed by atoms with Gasteiger partial charge in [-0.05, 0) is 19.4 Å². The molecular weight excluding hydrogens is 214 g/mol. The smallest absolute Gasteiger partial charge is 0.0755 e. The molecule has 2 heterocycles. The van der Waals surface area contributed by atoms with Crippen LogP contribution in [0.15, 0.2) is 30.3 Å². The molecule has 0 spiro atoms. The first-order chi connectivity index (χ1) is 8.18. The number of hydroxylamine groups is 2. The van der Waals surface area contributed by atoms with Gasteiger partial charge in [0.15, 0.2) is 0 Å². The normalized spacial score (nSPS) is 35.5. The van der Waals surface area contributed by atoms with E-state index in [0.29, 0.717) is 12.0 Å². The monoisotopic (exact) mass is 233 g/mol. The van der Waals surface area contributed by atoms with Gasteiger partial charge in [0.1, 0.15) is 0 Å². The molecule has 2 saturated heterocycles. The van der Waals surface area contributed by atoms with Gasteiger partial charge in [-0.2, -0.15) is 5.06 Å². The molecule has 17 heavy (non-hydrogen) atoms. The number of nitrogens with zero attached hydrogens (tertiary/aromatic N) is 1. The van der Waals surface area contributed by atoms with Gasteiger partial charge in [0.2, 0.25) is 0 Å². The number of ether oxygens (including phenoxy) is 1. The molecule has 0 aliphatic carbocycles. The van der Waals surface area contributed by atoms with Crippen LogP contribution in [0.4, 0.5) is 0 Å². The Morgan fingerprint density at radius 2 is 1.94 bits per heavy atom. The second-order valence-electron chi connectivity index (χ2n) is 5.56. The topological polar surface area (TPSA) is 21.7 Å². The standard InChI is InChI=1S/C14H19NO2/c1-14(2)10-16-8-12-9-17-15(14)13(12)11-6-4-3-5-7-11/h3-7,12-13H,8-10H2,1-2H3/t12-,13?/m1/s1. The van der Waals surface area contributed by atoms with Gasteiger partial charge in [0.05, 0.1) is 31.4 Å². The maximum absolute atomic E-state index is 5.89. The summed E-state index contributed by atoms with van der Waals surface area (Å²) in [6.07, 6.45) is 0. The van der Waals surface area contributed by atoms with Crippen LogP contribution in [-0.4, -0.2) is 30.4 Å². The lowest BCUT2D eigenvalue weighted by molar-refractivity contribution is -0.207. The molecule has 3 rings (SSSR count). The van der Waals surface area contributed by atoms with Gasteiger partial charge in [-0.3, -0.25) is 4.84 Å². The van der Waals surface area contributed by atoms with E-state index in [-0.39, 0.29) is 5.54 Å². The van der Waals surface area contributed by atoms with Crippen LogP contribution < -0.4 is 0 Å². The number of hydrogen-bond acceptors (Lipinski definition) is 3. The second-order valence-corrected chi connectivity index (χ2v) is 5.56. The summed E-state index contributed by atoms with van der Waals surface area (Å²) in [5, 5.41) is 2.14. The van der Waals surface area contributed by atoms with E-state index in [1.165, 1.54) is 5.56 Å². The average Bonchev–Trinajstić information content (AvgIpc) is 2.68. The molecule has 3 nitrogen and oxygen atoms in total. The van der Waals surface area contributed by atoms with Crippen molar-refractivity contribution in [2.24, 2.45) is 5.92 Å². The van der Waals surface area contributed by atoms with Crippen molar-refractivity contribution >= 4 is 0 Å². The van der Waals surface area contributed by atoms with Crippen molar-refractivity contribution in [1.29, 1.82) is 0 Å². The molecule has 1 aromatic carbocycles. The van der Waals surface area contributed by atoms with Crippen molar-refractivity contribution in [2.75, 3.05) is 19.8 Å². The van der Waals surface area contributed by atoms with Gasteiger partial charge < -0.3 is 4.74 Å². The number of benzene rings is 1. The summed E-state index contributed by atoms with van der Waals surface area (Å²) in [6.45, 7) is 6.64. The van der Waals surface area contributed by atoms with Crippen LogP contribution in [0.25, 0.3) is 0 Å². The minimum atomic E-state index is -0.0637. The highest BCUT2D eigenvalue weighted by Crippen LogP contribution is 2.42. The first kappa shape index (κ1) is 11.2. The number of hydrogen-bond donors (Lipinski definition) is 0. The number of fused-ring (bicyclic) bond motifs is 2. The van der Waals surface area contributed by atoms with Gasteiger partial charge >= 0.3 is 0 Å². The maximum Gasteiger partial charge on any atom is 0.0755 e. The summed E-state index contributed by atoms with van der Waals surface area (Å²) < 4.78 is 5.77. The first-order valence-electron chi connectivity index (χ1n) is 6.23. The van der Waals surface area contributed by atoms with Gasteiger partial charge in [0, 0.05) is 5.92 Å². The van der Waals surface area contributed by atoms with Crippen LogP contribution >= 0.6 is 0 Å². The summed E-state index contributed by atoms with van der Waals surface area (Å²) >= 11 is 0. The van der Waals surface area contributed by atoms with E-state index < -0.39 is 0 Å². The molecule has 2 aliphatic heterocycles. The van der Waals surface area contributed by atoms with Crippen molar-refractivity contribution in [2.45, 2.75) is 25.4 Å². The lowest BCUT2D eigenvalue weighted by atomic mass is 9.93. The molecule has 2 unspecified atom stereocenters. The van der Waals surface area contributed by atoms with E-state index in [2.05, 4.69) is 49.2 Å². The van der Waals surface area contributed by atoms with Crippen LogP contribution in [-0.2, 0) is 9.57 Å². The molecule has 0 N–H and O–H groups in total. The Labute approximate surface area is 102 Å². The molecule has 2 fully saturated rings. The lowest BCUT2D eigenvalue weighted by Gasteiger charge is -2.36. The van der Waals surface area contributed by atoms with Crippen molar-refractivity contribution in [3.63, 3.8) is 0 Å². The van der Waals surface area contributed by atoms with E-state index >= 15 is 0 Å². The summed E-state index contributed by atoms with van der Waals surface area (Å²) in [5.74, 6) is 0.444. The molecule has 2 bridgehead atoms. The molecule has 3 heteroatoms. The Balaban J connectivity index is 1.98. The fraction of sp³-hybridized carbons (Fsp3) is 0.571. The molecule has 2 aliphatic rings. The van der Waals surface area contributed by atoms with Crippen molar-refractivity contribution in [3.8, 4) is 0 Å². The zero-order valence-corrected chi connectivity index (χ0v) is 10.4. The van der Waals surface area contributed by atoms with Gasteiger partial charge in [-0.25, -0.2) is 0 Å². The average molecular weight is 233 g/mol. The second kappa shape index (κ2) is 4.09. The summed E-state index contributed by atoms with van der Waals surface area (Å²) in [6, 6.07) is 10.9. The summed E-state index contributed by atoms with van der Waals surface area (Å²) in [7, 11) is 0. The third kappa shape index (κ3) is 1.88. The Morgan fingerprint density at radius 3 is 2.71 bits per heavy atom. The van der Waals surface area contributed by atoms with Crippen molar-refractivity contribution in [3.05, 3.63) is 35.9 Å². The van der Waals surface area contributed by atoms with Gasteiger partial charge in [0.25, 0.3) is 0 Å². The predicted octanol–water partition coefficient (Wildman–Crippen LogP) is 2.40. The van der Waals surface area contributed by atoms with Crippen LogP contribution in [0.1, 0.15) is 25.5 Å². The molecule has 92 valence electrons. The Kier molecular flexibility index (Phi) is 2.69. The third-order valence-corrected chi connectivity index (χ3v) is 3.65. The van der Waals surface area contributed by atoms with Crippen LogP contribution in [0.5, 0.6) is 0 Å².